The molecular formula is C21H26FN3O3. The minimum Gasteiger partial charge on any atom is -0.393 e. The number of hydrogen-bond acceptors (Lipinski definition) is 5. The lowest BCUT2D eigenvalue weighted by atomic mass is 9.94. The van der Waals surface area contributed by atoms with Gasteiger partial charge >= 0.3 is 0 Å². The molecule has 1 aromatic heterocycles. The third kappa shape index (κ3) is 4.42. The molecule has 1 amide bonds. The minimum absolute atomic E-state index is 0.155. The van der Waals surface area contributed by atoms with Gasteiger partial charge in [0, 0.05) is 38.2 Å². The maximum absolute atomic E-state index is 13.4. The first-order valence-corrected chi connectivity index (χ1v) is 9.99. The Labute approximate surface area is 163 Å². The number of carbonyl (C=O) groups excluding carboxylic acids is 1. The molecule has 3 heterocycles. The van der Waals surface area contributed by atoms with Crippen LogP contribution in [0.25, 0.3) is 0 Å². The number of piperidine rings is 2. The normalized spacial score (nSPS) is 21.8. The van der Waals surface area contributed by atoms with Gasteiger partial charge in [0.15, 0.2) is 0 Å². The number of rotatable bonds is 4. The molecule has 0 unspecified atom stereocenters. The predicted molar refractivity (Wildman–Crippen MR) is 101 cm³/mol. The van der Waals surface area contributed by atoms with Gasteiger partial charge < -0.3 is 14.5 Å². The Morgan fingerprint density at radius 2 is 2.04 bits per heavy atom. The van der Waals surface area contributed by atoms with Gasteiger partial charge in [-0.25, -0.2) is 4.39 Å². The fourth-order valence-corrected chi connectivity index (χ4v) is 4.14. The van der Waals surface area contributed by atoms with Gasteiger partial charge in [-0.2, -0.15) is 0 Å². The van der Waals surface area contributed by atoms with E-state index in [0.29, 0.717) is 32.5 Å². The van der Waals surface area contributed by atoms with Gasteiger partial charge in [-0.05, 0) is 49.9 Å². The number of benzene rings is 1. The summed E-state index contributed by atoms with van der Waals surface area (Å²) in [6, 6.07) is 8.48. The third-order valence-corrected chi connectivity index (χ3v) is 5.71. The van der Waals surface area contributed by atoms with E-state index in [0.717, 1.165) is 37.2 Å². The fourth-order valence-electron chi connectivity index (χ4n) is 4.14. The highest BCUT2D eigenvalue weighted by molar-refractivity contribution is 5.91. The molecule has 2 saturated heterocycles. The van der Waals surface area contributed by atoms with Gasteiger partial charge in [0.25, 0.3) is 5.91 Å². The summed E-state index contributed by atoms with van der Waals surface area (Å²) in [5.41, 5.74) is 1.77. The van der Waals surface area contributed by atoms with Crippen LogP contribution < -0.4 is 0 Å². The van der Waals surface area contributed by atoms with Crippen molar-refractivity contribution in [1.29, 1.82) is 0 Å². The predicted octanol–water partition coefficient (Wildman–Crippen LogP) is 2.79. The van der Waals surface area contributed by atoms with Gasteiger partial charge in [-0.3, -0.25) is 9.69 Å². The maximum atomic E-state index is 13.4. The lowest BCUT2D eigenvalue weighted by Crippen LogP contribution is -2.39. The van der Waals surface area contributed by atoms with E-state index in [-0.39, 0.29) is 29.5 Å². The molecule has 1 atom stereocenters. The number of hydrogen-bond donors (Lipinski definition) is 1. The first kappa shape index (κ1) is 19.1. The summed E-state index contributed by atoms with van der Waals surface area (Å²) in [5, 5.41) is 13.8. The molecule has 2 fully saturated rings. The molecule has 1 aromatic carbocycles. The van der Waals surface area contributed by atoms with Crippen molar-refractivity contribution in [1.82, 2.24) is 15.0 Å². The van der Waals surface area contributed by atoms with Crippen molar-refractivity contribution >= 4 is 5.91 Å². The first-order valence-electron chi connectivity index (χ1n) is 9.99. The van der Waals surface area contributed by atoms with Crippen LogP contribution in [0.15, 0.2) is 34.9 Å². The Morgan fingerprint density at radius 1 is 1.21 bits per heavy atom. The Hall–Kier alpha value is -2.25. The molecule has 1 N–H and O–H groups in total. The van der Waals surface area contributed by atoms with Crippen LogP contribution in [-0.2, 0) is 6.54 Å². The standard InChI is InChI=1S/C21H26FN3O3/c22-17-5-1-3-15(11-17)13-24-8-2-4-16(14-24)19-12-20(28-23-19)21(27)25-9-6-18(26)7-10-25/h1,3,5,11-12,16,18,26H,2,4,6-10,13-14H2/t16-/m1/s1. The molecule has 0 bridgehead atoms. The van der Waals surface area contributed by atoms with E-state index < -0.39 is 0 Å². The van der Waals surface area contributed by atoms with Crippen LogP contribution in [0.2, 0.25) is 0 Å². The van der Waals surface area contributed by atoms with Crippen LogP contribution in [0.1, 0.15) is 53.4 Å². The Balaban J connectivity index is 1.38. The van der Waals surface area contributed by atoms with Gasteiger partial charge in [0.05, 0.1) is 11.8 Å². The van der Waals surface area contributed by atoms with Crippen molar-refractivity contribution < 1.29 is 18.8 Å². The quantitative estimate of drug-likeness (QED) is 0.874. The topological polar surface area (TPSA) is 69.8 Å². The van der Waals surface area contributed by atoms with E-state index in [2.05, 4.69) is 10.1 Å². The molecule has 6 nitrogen and oxygen atoms in total. The van der Waals surface area contributed by atoms with E-state index in [1.54, 1.807) is 23.1 Å². The van der Waals surface area contributed by atoms with Crippen molar-refractivity contribution in [2.75, 3.05) is 26.2 Å². The van der Waals surface area contributed by atoms with Crippen LogP contribution in [0.5, 0.6) is 0 Å². The molecule has 0 radical (unpaired) electrons. The van der Waals surface area contributed by atoms with Crippen LogP contribution in [0.4, 0.5) is 4.39 Å². The molecule has 150 valence electrons. The molecule has 7 heteroatoms. The van der Waals surface area contributed by atoms with Gasteiger partial charge in [0.1, 0.15) is 5.82 Å². The van der Waals surface area contributed by atoms with Crippen LogP contribution >= 0.6 is 0 Å². The number of likely N-dealkylation sites (tertiary alicyclic amines) is 2. The van der Waals surface area contributed by atoms with Crippen LogP contribution in [0.3, 0.4) is 0 Å². The summed E-state index contributed by atoms with van der Waals surface area (Å²) in [7, 11) is 0. The third-order valence-electron chi connectivity index (χ3n) is 5.71. The first-order chi connectivity index (χ1) is 13.6. The van der Waals surface area contributed by atoms with Crippen molar-refractivity contribution in [3.05, 3.63) is 53.2 Å². The summed E-state index contributed by atoms with van der Waals surface area (Å²) in [5.74, 6) is 0.110. The van der Waals surface area contributed by atoms with E-state index in [9.17, 15) is 14.3 Å². The summed E-state index contributed by atoms with van der Waals surface area (Å²) in [6.07, 6.45) is 2.91. The van der Waals surface area contributed by atoms with Gasteiger partial charge in [-0.15, -0.1) is 0 Å². The highest BCUT2D eigenvalue weighted by Crippen LogP contribution is 2.28. The summed E-state index contributed by atoms with van der Waals surface area (Å²) >= 11 is 0. The monoisotopic (exact) mass is 387 g/mol. The highest BCUT2D eigenvalue weighted by Gasteiger charge is 2.28. The van der Waals surface area contributed by atoms with E-state index in [1.165, 1.54) is 6.07 Å². The molecular weight excluding hydrogens is 361 g/mol. The molecule has 4 rings (SSSR count). The van der Waals surface area contributed by atoms with E-state index in [1.807, 2.05) is 6.07 Å². The fraction of sp³-hybridized carbons (Fsp3) is 0.524. The minimum atomic E-state index is -0.319. The van der Waals surface area contributed by atoms with E-state index in [4.69, 9.17) is 4.52 Å². The largest absolute Gasteiger partial charge is 0.393 e. The number of carbonyl (C=O) groups is 1. The average Bonchev–Trinajstić information content (AvgIpc) is 3.19. The van der Waals surface area contributed by atoms with Crippen molar-refractivity contribution in [3.8, 4) is 0 Å². The number of aliphatic hydroxyl groups excluding tert-OH is 1. The van der Waals surface area contributed by atoms with Crippen molar-refractivity contribution in [2.45, 2.75) is 44.2 Å². The molecule has 2 aromatic rings. The van der Waals surface area contributed by atoms with Crippen LogP contribution in [0, 0.1) is 5.82 Å². The second-order valence-electron chi connectivity index (χ2n) is 7.84. The van der Waals surface area contributed by atoms with Crippen LogP contribution in [-0.4, -0.2) is 58.3 Å². The zero-order valence-electron chi connectivity index (χ0n) is 15.9. The van der Waals surface area contributed by atoms with Gasteiger partial charge in [0.2, 0.25) is 5.76 Å². The molecule has 28 heavy (non-hydrogen) atoms. The van der Waals surface area contributed by atoms with E-state index >= 15 is 0 Å². The maximum Gasteiger partial charge on any atom is 0.292 e. The summed E-state index contributed by atoms with van der Waals surface area (Å²) in [4.78, 5) is 16.6. The molecule has 0 saturated carbocycles. The number of nitrogens with zero attached hydrogens (tertiary/aromatic N) is 3. The Bertz CT molecular complexity index is 817. The molecule has 2 aliphatic heterocycles. The number of halogens is 1. The SMILES string of the molecule is O=C(c1cc([C@@H]2CCCN(Cc3cccc(F)c3)C2)no1)N1CCC(O)CC1. The van der Waals surface area contributed by atoms with Crippen molar-refractivity contribution in [2.24, 2.45) is 0 Å². The van der Waals surface area contributed by atoms with Gasteiger partial charge in [-0.1, -0.05) is 17.3 Å². The van der Waals surface area contributed by atoms with Crippen molar-refractivity contribution in [3.63, 3.8) is 0 Å². The zero-order chi connectivity index (χ0) is 19.5. The zero-order valence-corrected chi connectivity index (χ0v) is 15.9. The second-order valence-corrected chi connectivity index (χ2v) is 7.84. The second kappa shape index (κ2) is 8.41. The molecule has 0 spiro atoms. The lowest BCUT2D eigenvalue weighted by Gasteiger charge is -2.31. The Kier molecular flexibility index (Phi) is 5.73. The number of aromatic nitrogens is 1. The number of amides is 1. The lowest BCUT2D eigenvalue weighted by molar-refractivity contribution is 0.0512. The Morgan fingerprint density at radius 3 is 2.82 bits per heavy atom. The molecule has 0 aliphatic carbocycles. The average molecular weight is 387 g/mol. The molecule has 2 aliphatic rings. The summed E-state index contributed by atoms with van der Waals surface area (Å²) in [6.45, 7) is 3.56. The smallest absolute Gasteiger partial charge is 0.292 e. The highest BCUT2D eigenvalue weighted by atomic mass is 19.1. The summed E-state index contributed by atoms with van der Waals surface area (Å²) < 4.78 is 18.8. The number of aliphatic hydroxyl groups is 1.